The highest BCUT2D eigenvalue weighted by Gasteiger charge is 2.36. The Hall–Kier alpha value is -4.22. The fourth-order valence-electron chi connectivity index (χ4n) is 4.42. The summed E-state index contributed by atoms with van der Waals surface area (Å²) in [5, 5.41) is 19.9. The first-order valence-corrected chi connectivity index (χ1v) is 13.4. The maximum atomic E-state index is 13.7. The summed E-state index contributed by atoms with van der Waals surface area (Å²) in [6.07, 6.45) is 2.29. The zero-order valence-electron chi connectivity index (χ0n) is 21.8. The van der Waals surface area contributed by atoms with E-state index >= 15 is 0 Å². The number of amides is 2. The van der Waals surface area contributed by atoms with Crippen LogP contribution in [0.2, 0.25) is 0 Å². The van der Waals surface area contributed by atoms with E-state index in [9.17, 15) is 14.9 Å². The van der Waals surface area contributed by atoms with E-state index in [1.165, 1.54) is 18.0 Å². The summed E-state index contributed by atoms with van der Waals surface area (Å²) in [5.41, 5.74) is 5.89. The van der Waals surface area contributed by atoms with Gasteiger partial charge in [-0.25, -0.2) is 0 Å². The van der Waals surface area contributed by atoms with Gasteiger partial charge in [0, 0.05) is 17.1 Å². The maximum Gasteiger partial charge on any atom is 0.254 e. The van der Waals surface area contributed by atoms with Crippen LogP contribution in [0.1, 0.15) is 42.2 Å². The molecular formula is C30H30N4O3S. The summed E-state index contributed by atoms with van der Waals surface area (Å²) in [7, 11) is 0. The molecule has 3 aromatic rings. The molecule has 2 aromatic carbocycles. The third-order valence-corrected chi connectivity index (χ3v) is 7.40. The molecule has 8 heteroatoms. The minimum Gasteiger partial charge on any atom is -0.468 e. The summed E-state index contributed by atoms with van der Waals surface area (Å²) in [6, 6.07) is 19.2. The quantitative estimate of drug-likeness (QED) is 0.324. The lowest BCUT2D eigenvalue weighted by molar-refractivity contribution is -0.114. The van der Waals surface area contributed by atoms with Gasteiger partial charge in [-0.2, -0.15) is 5.26 Å². The molecule has 4 rings (SSSR count). The van der Waals surface area contributed by atoms with Crippen molar-refractivity contribution >= 4 is 35.0 Å². The predicted molar refractivity (Wildman–Crippen MR) is 151 cm³/mol. The number of hydrogen-bond donors (Lipinski definition) is 3. The monoisotopic (exact) mass is 526 g/mol. The van der Waals surface area contributed by atoms with Gasteiger partial charge in [0.1, 0.15) is 5.76 Å². The fourth-order valence-corrected chi connectivity index (χ4v) is 5.31. The molecular weight excluding hydrogens is 496 g/mol. The first-order valence-electron chi connectivity index (χ1n) is 12.4. The number of nitrogens with one attached hydrogen (secondary N) is 3. The van der Waals surface area contributed by atoms with Gasteiger partial charge in [0.15, 0.2) is 0 Å². The molecule has 3 N–H and O–H groups in total. The Bertz CT molecular complexity index is 1450. The molecule has 2 heterocycles. The Morgan fingerprint density at radius 2 is 1.82 bits per heavy atom. The van der Waals surface area contributed by atoms with E-state index in [0.717, 1.165) is 28.8 Å². The number of dihydropyridines is 1. The molecule has 1 aromatic heterocycles. The van der Waals surface area contributed by atoms with E-state index in [1.54, 1.807) is 19.1 Å². The van der Waals surface area contributed by atoms with Crippen LogP contribution in [0.5, 0.6) is 0 Å². The van der Waals surface area contributed by atoms with Crippen molar-refractivity contribution in [2.75, 3.05) is 16.4 Å². The first-order chi connectivity index (χ1) is 18.3. The van der Waals surface area contributed by atoms with Crippen molar-refractivity contribution in [2.45, 2.75) is 40.0 Å². The van der Waals surface area contributed by atoms with Crippen LogP contribution in [0.3, 0.4) is 0 Å². The summed E-state index contributed by atoms with van der Waals surface area (Å²) in [5.74, 6) is -0.654. The molecule has 0 fully saturated rings. The normalized spacial score (nSPS) is 15.1. The van der Waals surface area contributed by atoms with Gasteiger partial charge in [0.25, 0.3) is 5.91 Å². The van der Waals surface area contributed by atoms with Gasteiger partial charge in [-0.3, -0.25) is 9.59 Å². The van der Waals surface area contributed by atoms with Gasteiger partial charge >= 0.3 is 0 Å². The summed E-state index contributed by atoms with van der Waals surface area (Å²) in [4.78, 5) is 26.3. The highest BCUT2D eigenvalue weighted by molar-refractivity contribution is 8.03. The van der Waals surface area contributed by atoms with Gasteiger partial charge in [-0.15, -0.1) is 0 Å². The van der Waals surface area contributed by atoms with Crippen molar-refractivity contribution in [3.8, 4) is 6.07 Å². The Morgan fingerprint density at radius 3 is 2.47 bits per heavy atom. The zero-order chi connectivity index (χ0) is 27.2. The molecule has 1 atom stereocenters. The highest BCUT2D eigenvalue weighted by atomic mass is 32.2. The second-order valence-electron chi connectivity index (χ2n) is 9.09. The van der Waals surface area contributed by atoms with Crippen LogP contribution >= 0.6 is 11.8 Å². The van der Waals surface area contributed by atoms with E-state index < -0.39 is 5.92 Å². The van der Waals surface area contributed by atoms with Crippen LogP contribution in [0, 0.1) is 25.2 Å². The van der Waals surface area contributed by atoms with Gasteiger partial charge < -0.3 is 20.4 Å². The molecule has 0 aliphatic carbocycles. The van der Waals surface area contributed by atoms with E-state index in [2.05, 4.69) is 22.0 Å². The van der Waals surface area contributed by atoms with Crippen molar-refractivity contribution in [3.05, 3.63) is 105 Å². The van der Waals surface area contributed by atoms with Crippen molar-refractivity contribution in [1.29, 1.82) is 5.26 Å². The van der Waals surface area contributed by atoms with Crippen molar-refractivity contribution < 1.29 is 14.0 Å². The predicted octanol–water partition coefficient (Wildman–Crippen LogP) is 6.17. The lowest BCUT2D eigenvalue weighted by Gasteiger charge is -2.28. The molecule has 0 saturated carbocycles. The minimum atomic E-state index is -0.715. The Morgan fingerprint density at radius 1 is 1.05 bits per heavy atom. The number of para-hydroxylation sites is 1. The number of furan rings is 1. The van der Waals surface area contributed by atoms with Gasteiger partial charge in [-0.1, -0.05) is 54.6 Å². The average molecular weight is 527 g/mol. The summed E-state index contributed by atoms with van der Waals surface area (Å²) < 4.78 is 5.70. The largest absolute Gasteiger partial charge is 0.468 e. The lowest BCUT2D eigenvalue weighted by Crippen LogP contribution is -2.31. The Balaban J connectivity index is 1.61. The molecule has 2 amide bonds. The molecule has 194 valence electrons. The topological polar surface area (TPSA) is 107 Å². The number of carbonyl (C=O) groups is 2. The van der Waals surface area contributed by atoms with Gasteiger partial charge in [0.05, 0.1) is 40.2 Å². The van der Waals surface area contributed by atoms with Crippen LogP contribution < -0.4 is 16.0 Å². The average Bonchev–Trinajstić information content (AvgIpc) is 3.44. The molecule has 38 heavy (non-hydrogen) atoms. The standard InChI is InChI=1S/C30H30N4O3S/c1-5-21-9-6-8-19(3)28(21)34-29(36)26-20(4)32-30(23(16-31)27(26)24-10-7-15-37-24)38-17-25(35)33-22-13-11-18(2)12-14-22/h6-15,27,32H,5,17H2,1-4H3,(H,33,35)(H,34,36)/t27-/m1/s1. The highest BCUT2D eigenvalue weighted by Crippen LogP contribution is 2.41. The molecule has 0 spiro atoms. The summed E-state index contributed by atoms with van der Waals surface area (Å²) >= 11 is 1.22. The maximum absolute atomic E-state index is 13.7. The fraction of sp³-hybridized carbons (Fsp3) is 0.233. The number of aryl methyl sites for hydroxylation is 3. The molecule has 7 nitrogen and oxygen atoms in total. The molecule has 0 unspecified atom stereocenters. The molecule has 0 radical (unpaired) electrons. The third-order valence-electron chi connectivity index (χ3n) is 6.38. The molecule has 1 aliphatic rings. The minimum absolute atomic E-state index is 0.0874. The van der Waals surface area contributed by atoms with Crippen LogP contribution in [0.15, 0.2) is 87.1 Å². The number of rotatable bonds is 8. The second-order valence-corrected chi connectivity index (χ2v) is 10.1. The second kappa shape index (κ2) is 11.9. The number of anilines is 2. The number of benzene rings is 2. The Labute approximate surface area is 227 Å². The van der Waals surface area contributed by atoms with Crippen molar-refractivity contribution in [3.63, 3.8) is 0 Å². The molecule has 0 saturated heterocycles. The van der Waals surface area contributed by atoms with E-state index in [-0.39, 0.29) is 17.6 Å². The van der Waals surface area contributed by atoms with Gasteiger partial charge in [-0.05, 0) is 62.6 Å². The number of allylic oxidation sites excluding steroid dienone is 2. The number of nitriles is 1. The SMILES string of the molecule is CCc1cccc(C)c1NC(=O)C1=C(C)NC(SCC(=O)Nc2ccc(C)cc2)=C(C#N)[C@@H]1c1ccco1. The number of nitrogens with zero attached hydrogens (tertiary/aromatic N) is 1. The Kier molecular flexibility index (Phi) is 8.39. The molecule has 0 bridgehead atoms. The van der Waals surface area contributed by atoms with Crippen LogP contribution in [0.4, 0.5) is 11.4 Å². The van der Waals surface area contributed by atoms with E-state index in [0.29, 0.717) is 33.3 Å². The number of carbonyl (C=O) groups excluding carboxylic acids is 2. The van der Waals surface area contributed by atoms with Crippen molar-refractivity contribution in [1.82, 2.24) is 5.32 Å². The van der Waals surface area contributed by atoms with Crippen LogP contribution in [-0.4, -0.2) is 17.6 Å². The van der Waals surface area contributed by atoms with E-state index in [1.807, 2.05) is 63.2 Å². The third kappa shape index (κ3) is 5.84. The zero-order valence-corrected chi connectivity index (χ0v) is 22.7. The number of hydrogen-bond acceptors (Lipinski definition) is 6. The first kappa shape index (κ1) is 26.8. The summed E-state index contributed by atoms with van der Waals surface area (Å²) in [6.45, 7) is 7.77. The number of thioether (sulfide) groups is 1. The van der Waals surface area contributed by atoms with Crippen molar-refractivity contribution in [2.24, 2.45) is 0 Å². The van der Waals surface area contributed by atoms with Crippen LogP contribution in [0.25, 0.3) is 0 Å². The smallest absolute Gasteiger partial charge is 0.254 e. The van der Waals surface area contributed by atoms with Crippen LogP contribution in [-0.2, 0) is 16.0 Å². The van der Waals surface area contributed by atoms with E-state index in [4.69, 9.17) is 4.42 Å². The molecule has 1 aliphatic heterocycles. The van der Waals surface area contributed by atoms with Gasteiger partial charge in [0.2, 0.25) is 5.91 Å². The lowest BCUT2D eigenvalue weighted by atomic mass is 9.85.